The van der Waals surface area contributed by atoms with E-state index in [9.17, 15) is 18.0 Å². The summed E-state index contributed by atoms with van der Waals surface area (Å²) >= 11 is 0. The van der Waals surface area contributed by atoms with Crippen LogP contribution in [0, 0.1) is 0 Å². The topological polar surface area (TPSA) is 90.4 Å². The molecule has 0 saturated carbocycles. The number of carbonyl (C=O) groups excluding carboxylic acids is 1. The van der Waals surface area contributed by atoms with Gasteiger partial charge in [-0.2, -0.15) is 13.2 Å². The van der Waals surface area contributed by atoms with E-state index >= 15 is 0 Å². The van der Waals surface area contributed by atoms with Crippen molar-refractivity contribution in [2.24, 2.45) is 11.5 Å². The molecule has 0 aliphatic rings. The summed E-state index contributed by atoms with van der Waals surface area (Å²) in [6.45, 7) is -1.09. The second-order valence-electron chi connectivity index (χ2n) is 2.88. The SMILES string of the molecule is NC(=O)C(N)CNCCOCC(F)(F)F. The lowest BCUT2D eigenvalue weighted by Gasteiger charge is -2.10. The highest BCUT2D eigenvalue weighted by molar-refractivity contribution is 5.79. The normalized spacial score (nSPS) is 13.9. The van der Waals surface area contributed by atoms with Crippen molar-refractivity contribution in [2.45, 2.75) is 12.2 Å². The van der Waals surface area contributed by atoms with Crippen LogP contribution >= 0.6 is 0 Å². The van der Waals surface area contributed by atoms with Gasteiger partial charge in [-0.15, -0.1) is 0 Å². The highest BCUT2D eigenvalue weighted by Crippen LogP contribution is 2.13. The second kappa shape index (κ2) is 6.59. The molecule has 0 aromatic rings. The van der Waals surface area contributed by atoms with E-state index in [1.54, 1.807) is 0 Å². The third kappa shape index (κ3) is 9.44. The maximum Gasteiger partial charge on any atom is 0.411 e. The number of halogens is 3. The van der Waals surface area contributed by atoms with Gasteiger partial charge in [-0.1, -0.05) is 0 Å². The highest BCUT2D eigenvalue weighted by atomic mass is 19.4. The molecule has 0 aliphatic heterocycles. The molecule has 5 N–H and O–H groups in total. The first-order valence-electron chi connectivity index (χ1n) is 4.23. The third-order valence-corrected chi connectivity index (χ3v) is 1.42. The lowest BCUT2D eigenvalue weighted by atomic mass is 10.3. The summed E-state index contributed by atoms with van der Waals surface area (Å²) in [5.41, 5.74) is 10.1. The molecule has 0 rings (SSSR count). The van der Waals surface area contributed by atoms with Crippen LogP contribution in [-0.4, -0.2) is 44.4 Å². The zero-order valence-corrected chi connectivity index (χ0v) is 8.01. The number of hydrogen-bond donors (Lipinski definition) is 3. The Kier molecular flexibility index (Phi) is 6.21. The van der Waals surface area contributed by atoms with Gasteiger partial charge in [-0.25, -0.2) is 0 Å². The van der Waals surface area contributed by atoms with Gasteiger partial charge in [0, 0.05) is 13.1 Å². The van der Waals surface area contributed by atoms with Gasteiger partial charge in [-0.3, -0.25) is 4.79 Å². The number of ether oxygens (including phenoxy) is 1. The molecule has 5 nitrogen and oxygen atoms in total. The Morgan fingerprint density at radius 1 is 1.47 bits per heavy atom. The Labute approximate surface area is 84.9 Å². The summed E-state index contributed by atoms with van der Waals surface area (Å²) < 4.78 is 39.0. The van der Waals surface area contributed by atoms with Gasteiger partial charge < -0.3 is 21.5 Å². The first-order valence-corrected chi connectivity index (χ1v) is 4.23. The van der Waals surface area contributed by atoms with Crippen molar-refractivity contribution in [1.29, 1.82) is 0 Å². The molecule has 1 unspecified atom stereocenters. The molecule has 0 bridgehead atoms. The Hall–Kier alpha value is -0.860. The van der Waals surface area contributed by atoms with Crippen LogP contribution in [0.1, 0.15) is 0 Å². The van der Waals surface area contributed by atoms with Crippen molar-refractivity contribution in [3.63, 3.8) is 0 Å². The Morgan fingerprint density at radius 2 is 2.07 bits per heavy atom. The molecule has 0 aromatic carbocycles. The van der Waals surface area contributed by atoms with Crippen LogP contribution < -0.4 is 16.8 Å². The zero-order chi connectivity index (χ0) is 11.9. The fourth-order valence-corrected chi connectivity index (χ4v) is 0.690. The van der Waals surface area contributed by atoms with Crippen molar-refractivity contribution in [3.8, 4) is 0 Å². The van der Waals surface area contributed by atoms with Gasteiger partial charge >= 0.3 is 6.18 Å². The molecule has 15 heavy (non-hydrogen) atoms. The van der Waals surface area contributed by atoms with Gasteiger partial charge in [0.15, 0.2) is 0 Å². The highest BCUT2D eigenvalue weighted by Gasteiger charge is 2.27. The van der Waals surface area contributed by atoms with Gasteiger partial charge in [0.2, 0.25) is 5.91 Å². The lowest BCUT2D eigenvalue weighted by Crippen LogP contribution is -2.44. The molecule has 0 fully saturated rings. The maximum atomic E-state index is 11.6. The first-order chi connectivity index (χ1) is 6.83. The molecule has 8 heteroatoms. The number of nitrogens with two attached hydrogens (primary N) is 2. The molecule has 0 spiro atoms. The summed E-state index contributed by atoms with van der Waals surface area (Å²) in [5.74, 6) is -0.668. The van der Waals surface area contributed by atoms with Crippen LogP contribution in [0.3, 0.4) is 0 Å². The average molecular weight is 229 g/mol. The van der Waals surface area contributed by atoms with Crippen molar-refractivity contribution < 1.29 is 22.7 Å². The van der Waals surface area contributed by atoms with E-state index in [0.29, 0.717) is 0 Å². The Balaban J connectivity index is 3.29. The molecule has 0 saturated heterocycles. The van der Waals surface area contributed by atoms with Crippen LogP contribution in [0.4, 0.5) is 13.2 Å². The average Bonchev–Trinajstić information content (AvgIpc) is 2.08. The maximum absolute atomic E-state index is 11.6. The molecular formula is C7H14F3N3O2. The van der Waals surface area contributed by atoms with Crippen LogP contribution in [0.5, 0.6) is 0 Å². The van der Waals surface area contributed by atoms with E-state index in [0.717, 1.165) is 0 Å². The summed E-state index contributed by atoms with van der Waals surface area (Å²) in [4.78, 5) is 10.4. The van der Waals surface area contributed by atoms with Gasteiger partial charge in [0.05, 0.1) is 12.6 Å². The predicted molar refractivity (Wildman–Crippen MR) is 46.9 cm³/mol. The van der Waals surface area contributed by atoms with E-state index in [2.05, 4.69) is 10.1 Å². The van der Waals surface area contributed by atoms with E-state index < -0.39 is 24.7 Å². The molecule has 90 valence electrons. The fraction of sp³-hybridized carbons (Fsp3) is 0.857. The van der Waals surface area contributed by atoms with Gasteiger partial charge in [-0.05, 0) is 0 Å². The van der Waals surface area contributed by atoms with E-state index in [-0.39, 0.29) is 19.7 Å². The lowest BCUT2D eigenvalue weighted by molar-refractivity contribution is -0.173. The number of amides is 1. The summed E-state index contributed by atoms with van der Waals surface area (Å²) in [6, 6.07) is -0.840. The molecule has 0 radical (unpaired) electrons. The number of primary amides is 1. The summed E-state index contributed by atoms with van der Waals surface area (Å²) in [7, 11) is 0. The minimum absolute atomic E-state index is 0.106. The fourth-order valence-electron chi connectivity index (χ4n) is 0.690. The molecule has 0 aliphatic carbocycles. The molecule has 1 atom stereocenters. The smallest absolute Gasteiger partial charge is 0.371 e. The second-order valence-corrected chi connectivity index (χ2v) is 2.88. The standard InChI is InChI=1S/C7H14F3N3O2/c8-7(9,10)4-15-2-1-13-3-5(11)6(12)14/h5,13H,1-4,11H2,(H2,12,14). The first kappa shape index (κ1) is 14.1. The minimum Gasteiger partial charge on any atom is -0.371 e. The summed E-state index contributed by atoms with van der Waals surface area (Å²) in [6.07, 6.45) is -4.32. The Bertz CT molecular complexity index is 198. The quantitative estimate of drug-likeness (QED) is 0.487. The van der Waals surface area contributed by atoms with Crippen molar-refractivity contribution in [2.75, 3.05) is 26.3 Å². The molecule has 0 aromatic heterocycles. The predicted octanol–water partition coefficient (Wildman–Crippen LogP) is -1.03. The number of hydrogen-bond acceptors (Lipinski definition) is 4. The summed E-state index contributed by atoms with van der Waals surface area (Å²) in [5, 5.41) is 2.63. The number of carbonyl (C=O) groups is 1. The number of alkyl halides is 3. The van der Waals surface area contributed by atoms with Crippen LogP contribution in [0.25, 0.3) is 0 Å². The van der Waals surface area contributed by atoms with E-state index in [1.807, 2.05) is 0 Å². The van der Waals surface area contributed by atoms with Crippen molar-refractivity contribution in [3.05, 3.63) is 0 Å². The van der Waals surface area contributed by atoms with E-state index in [1.165, 1.54) is 0 Å². The number of nitrogens with one attached hydrogen (secondary N) is 1. The molecule has 1 amide bonds. The van der Waals surface area contributed by atoms with Gasteiger partial charge in [0.1, 0.15) is 6.61 Å². The van der Waals surface area contributed by atoms with Crippen LogP contribution in [-0.2, 0) is 9.53 Å². The van der Waals surface area contributed by atoms with Crippen LogP contribution in [0.15, 0.2) is 0 Å². The number of rotatable bonds is 7. The van der Waals surface area contributed by atoms with Crippen molar-refractivity contribution >= 4 is 5.91 Å². The minimum atomic E-state index is -4.32. The largest absolute Gasteiger partial charge is 0.411 e. The van der Waals surface area contributed by atoms with Gasteiger partial charge in [0.25, 0.3) is 0 Å². The monoisotopic (exact) mass is 229 g/mol. The Morgan fingerprint density at radius 3 is 2.53 bits per heavy atom. The van der Waals surface area contributed by atoms with Crippen molar-refractivity contribution in [1.82, 2.24) is 5.32 Å². The molecule has 0 heterocycles. The van der Waals surface area contributed by atoms with Crippen LogP contribution in [0.2, 0.25) is 0 Å². The zero-order valence-electron chi connectivity index (χ0n) is 8.01. The van der Waals surface area contributed by atoms with E-state index in [4.69, 9.17) is 11.5 Å². The molecular weight excluding hydrogens is 215 g/mol. The third-order valence-electron chi connectivity index (χ3n) is 1.42.